The van der Waals surface area contributed by atoms with Gasteiger partial charge in [-0.3, -0.25) is 14.5 Å². The van der Waals surface area contributed by atoms with Crippen molar-refractivity contribution in [2.45, 2.75) is 73.3 Å². The molecule has 162 valence electrons. The van der Waals surface area contributed by atoms with Gasteiger partial charge in [0.2, 0.25) is 11.8 Å². The van der Waals surface area contributed by atoms with Crippen LogP contribution in [0.15, 0.2) is 23.1 Å². The Hall–Kier alpha value is -2.08. The van der Waals surface area contributed by atoms with E-state index in [0.29, 0.717) is 12.5 Å². The molecule has 1 saturated carbocycles. The lowest BCUT2D eigenvalue weighted by Gasteiger charge is -2.38. The molecule has 0 radical (unpaired) electrons. The van der Waals surface area contributed by atoms with Crippen LogP contribution in [0.1, 0.15) is 42.9 Å². The molecule has 2 bridgehead atoms. The van der Waals surface area contributed by atoms with Gasteiger partial charge >= 0.3 is 0 Å². The zero-order valence-electron chi connectivity index (χ0n) is 17.4. The number of nitrogens with two attached hydrogens (primary N) is 1. The minimum atomic E-state index is -0.684. The molecule has 1 aromatic rings. The first kappa shape index (κ1) is 19.6. The number of thiol groups is 1. The summed E-state index contributed by atoms with van der Waals surface area (Å²) in [7, 11) is 0. The van der Waals surface area contributed by atoms with E-state index in [-0.39, 0.29) is 42.0 Å². The molecule has 2 amide bonds. The molecule has 1 aromatic carbocycles. The van der Waals surface area contributed by atoms with E-state index in [1.807, 2.05) is 6.07 Å². The summed E-state index contributed by atoms with van der Waals surface area (Å²) in [6, 6.07) is 7.83. The van der Waals surface area contributed by atoms with Crippen molar-refractivity contribution in [1.29, 1.82) is 5.26 Å². The molecule has 7 atom stereocenters. The van der Waals surface area contributed by atoms with Gasteiger partial charge in [0.15, 0.2) is 0 Å². The van der Waals surface area contributed by atoms with Crippen molar-refractivity contribution >= 4 is 24.4 Å². The Balaban J connectivity index is 1.13. The number of piperazine rings is 1. The van der Waals surface area contributed by atoms with Gasteiger partial charge in [-0.2, -0.15) is 5.26 Å². The van der Waals surface area contributed by atoms with Crippen LogP contribution in [-0.4, -0.2) is 69.8 Å². The molecule has 8 heteroatoms. The standard InChI is InChI=1S/C23H27N5O2S/c24-9-14-5-13-7-20(13)27(14)22(29)18(25)11-26-10-15-8-21(26)23(30)28(15)19-4-1-12-6-16(31)2-3-17(12)19/h2-3,6,13-15,18-21,31H,1,4-5,7-8,10-11,25H2/t13-,14?,15?,18?,19?,20+,21+/m1/s1. The lowest BCUT2D eigenvalue weighted by molar-refractivity contribution is -0.141. The molecule has 4 fully saturated rings. The van der Waals surface area contributed by atoms with Gasteiger partial charge in [-0.05, 0) is 61.3 Å². The third-order valence-corrected chi connectivity index (χ3v) is 8.36. The van der Waals surface area contributed by atoms with Crippen LogP contribution in [0.25, 0.3) is 0 Å². The van der Waals surface area contributed by atoms with Gasteiger partial charge in [0.05, 0.1) is 24.2 Å². The van der Waals surface area contributed by atoms with Crippen LogP contribution in [0.5, 0.6) is 0 Å². The second-order valence-electron chi connectivity index (χ2n) is 9.84. The van der Waals surface area contributed by atoms with Crippen LogP contribution < -0.4 is 5.73 Å². The van der Waals surface area contributed by atoms with Crippen LogP contribution >= 0.6 is 12.6 Å². The number of nitriles is 1. The summed E-state index contributed by atoms with van der Waals surface area (Å²) in [6.45, 7) is 1.15. The molecule has 2 aliphatic carbocycles. The number of rotatable bonds is 4. The predicted molar refractivity (Wildman–Crippen MR) is 116 cm³/mol. The molecule has 3 aliphatic heterocycles. The van der Waals surface area contributed by atoms with Crippen molar-refractivity contribution in [3.63, 3.8) is 0 Å². The number of piperidine rings is 1. The second-order valence-corrected chi connectivity index (χ2v) is 10.4. The number of aryl methyl sites for hydroxylation is 1. The fourth-order valence-electron chi connectivity index (χ4n) is 6.58. The van der Waals surface area contributed by atoms with E-state index < -0.39 is 6.04 Å². The van der Waals surface area contributed by atoms with Crippen molar-refractivity contribution < 1.29 is 9.59 Å². The maximum Gasteiger partial charge on any atom is 0.242 e. The minimum Gasteiger partial charge on any atom is -0.330 e. The Morgan fingerprint density at radius 2 is 2.13 bits per heavy atom. The van der Waals surface area contributed by atoms with Crippen LogP contribution in [0.3, 0.4) is 0 Å². The van der Waals surface area contributed by atoms with Crippen LogP contribution in [0, 0.1) is 17.2 Å². The van der Waals surface area contributed by atoms with Crippen LogP contribution in [0.2, 0.25) is 0 Å². The Labute approximate surface area is 187 Å². The molecule has 3 saturated heterocycles. The van der Waals surface area contributed by atoms with E-state index >= 15 is 0 Å². The van der Waals surface area contributed by atoms with Gasteiger partial charge < -0.3 is 15.5 Å². The summed E-state index contributed by atoms with van der Waals surface area (Å²) >= 11 is 4.45. The van der Waals surface area contributed by atoms with Crippen LogP contribution in [0.4, 0.5) is 0 Å². The largest absolute Gasteiger partial charge is 0.330 e. The summed E-state index contributed by atoms with van der Waals surface area (Å²) in [6.07, 6.45) is 4.53. The Kier molecular flexibility index (Phi) is 4.40. The quantitative estimate of drug-likeness (QED) is 0.688. The highest BCUT2D eigenvalue weighted by Crippen LogP contribution is 2.48. The number of nitrogens with zero attached hydrogens (tertiary/aromatic N) is 4. The SMILES string of the molecule is N#CC1C[C@@H]2C[C@@H]2N1C(=O)C(N)CN1CC2C[C@H]1C(=O)N2C1CCc2cc(S)ccc21. The number of amides is 2. The number of likely N-dealkylation sites (tertiary alicyclic amines) is 3. The van der Waals surface area contributed by atoms with Gasteiger partial charge in [0.25, 0.3) is 0 Å². The van der Waals surface area contributed by atoms with Crippen molar-refractivity contribution in [2.24, 2.45) is 11.7 Å². The molecule has 2 N–H and O–H groups in total. The van der Waals surface area contributed by atoms with E-state index in [1.54, 1.807) is 4.90 Å². The molecule has 5 aliphatic rings. The topological polar surface area (TPSA) is 93.7 Å². The summed E-state index contributed by atoms with van der Waals surface area (Å²) < 4.78 is 0. The number of hydrogen-bond acceptors (Lipinski definition) is 6. The Morgan fingerprint density at radius 3 is 2.90 bits per heavy atom. The third kappa shape index (κ3) is 2.94. The first-order valence-corrected chi connectivity index (χ1v) is 11.8. The predicted octanol–water partition coefficient (Wildman–Crippen LogP) is 1.09. The summed E-state index contributed by atoms with van der Waals surface area (Å²) in [5.74, 6) is 0.518. The van der Waals surface area contributed by atoms with Gasteiger partial charge in [0.1, 0.15) is 6.04 Å². The number of fused-ring (bicyclic) bond motifs is 4. The zero-order valence-corrected chi connectivity index (χ0v) is 18.2. The molecule has 0 spiro atoms. The van der Waals surface area contributed by atoms with E-state index in [2.05, 4.69) is 40.6 Å². The Morgan fingerprint density at radius 1 is 1.29 bits per heavy atom. The average Bonchev–Trinajstić information content (AvgIpc) is 3.08. The van der Waals surface area contributed by atoms with E-state index in [9.17, 15) is 14.9 Å². The van der Waals surface area contributed by atoms with Gasteiger partial charge in [-0.15, -0.1) is 12.6 Å². The molecule has 6 rings (SSSR count). The summed E-state index contributed by atoms with van der Waals surface area (Å²) in [5, 5.41) is 9.38. The lowest BCUT2D eigenvalue weighted by Crippen LogP contribution is -2.57. The smallest absolute Gasteiger partial charge is 0.242 e. The molecule has 4 unspecified atom stereocenters. The maximum atomic E-state index is 13.3. The Bertz CT molecular complexity index is 1010. The average molecular weight is 438 g/mol. The number of carbonyl (C=O) groups excluding carboxylic acids is 2. The number of benzene rings is 1. The number of hydrogen-bond donors (Lipinski definition) is 2. The van der Waals surface area contributed by atoms with Crippen LogP contribution in [-0.2, 0) is 16.0 Å². The van der Waals surface area contributed by atoms with E-state index in [1.165, 1.54) is 11.1 Å². The van der Waals surface area contributed by atoms with Crippen molar-refractivity contribution in [3.8, 4) is 6.07 Å². The summed E-state index contributed by atoms with van der Waals surface area (Å²) in [5.41, 5.74) is 8.87. The number of carbonyl (C=O) groups is 2. The molecule has 31 heavy (non-hydrogen) atoms. The fourth-order valence-corrected chi connectivity index (χ4v) is 6.81. The zero-order chi connectivity index (χ0) is 21.4. The molecule has 3 heterocycles. The molecular formula is C23H27N5O2S. The third-order valence-electron chi connectivity index (χ3n) is 8.08. The van der Waals surface area contributed by atoms with Gasteiger partial charge in [-0.25, -0.2) is 0 Å². The first-order chi connectivity index (χ1) is 15.0. The highest BCUT2D eigenvalue weighted by Gasteiger charge is 2.56. The fraction of sp³-hybridized carbons (Fsp3) is 0.609. The van der Waals surface area contributed by atoms with Gasteiger partial charge in [-0.1, -0.05) is 6.07 Å². The van der Waals surface area contributed by atoms with Crippen molar-refractivity contribution in [3.05, 3.63) is 29.3 Å². The van der Waals surface area contributed by atoms with Crippen molar-refractivity contribution in [2.75, 3.05) is 13.1 Å². The van der Waals surface area contributed by atoms with Crippen molar-refractivity contribution in [1.82, 2.24) is 14.7 Å². The maximum absolute atomic E-state index is 13.3. The minimum absolute atomic E-state index is 0.129. The van der Waals surface area contributed by atoms with E-state index in [4.69, 9.17) is 5.73 Å². The molecule has 0 aromatic heterocycles. The monoisotopic (exact) mass is 437 g/mol. The second kappa shape index (κ2) is 6.96. The highest BCUT2D eigenvalue weighted by atomic mass is 32.1. The normalized spacial score (nSPS) is 36.5. The molecular weight excluding hydrogens is 410 g/mol. The lowest BCUT2D eigenvalue weighted by atomic mass is 10.1. The van der Waals surface area contributed by atoms with Gasteiger partial charge in [0, 0.05) is 30.1 Å². The van der Waals surface area contributed by atoms with E-state index in [0.717, 1.165) is 43.5 Å². The first-order valence-electron chi connectivity index (χ1n) is 11.3. The summed E-state index contributed by atoms with van der Waals surface area (Å²) in [4.78, 5) is 33.2. The molecule has 7 nitrogen and oxygen atoms in total. The highest BCUT2D eigenvalue weighted by molar-refractivity contribution is 7.80.